The maximum Gasteiger partial charge on any atom is 0.153 e. The molecule has 1 fully saturated rings. The Kier molecular flexibility index (Phi) is 3.09. The van der Waals surface area contributed by atoms with Crippen LogP contribution in [0, 0.1) is 11.3 Å². The third-order valence-corrected chi connectivity index (χ3v) is 4.48. The van der Waals surface area contributed by atoms with Gasteiger partial charge in [-0.3, -0.25) is 0 Å². The number of rotatable bonds is 2. The molecule has 1 heterocycles. The molecule has 16 heavy (non-hydrogen) atoms. The molecule has 1 aromatic rings. The summed E-state index contributed by atoms with van der Waals surface area (Å²) in [5.41, 5.74) is 7.73. The molecule has 1 aromatic heterocycles. The van der Waals surface area contributed by atoms with Crippen LogP contribution in [0.4, 0.5) is 0 Å². The van der Waals surface area contributed by atoms with Gasteiger partial charge in [-0.25, -0.2) is 4.68 Å². The van der Waals surface area contributed by atoms with E-state index < -0.39 is 0 Å². The fourth-order valence-electron chi connectivity index (χ4n) is 2.90. The van der Waals surface area contributed by atoms with Crippen molar-refractivity contribution in [2.45, 2.75) is 39.2 Å². The van der Waals surface area contributed by atoms with Crippen LogP contribution in [0.25, 0.3) is 0 Å². The zero-order valence-electron chi connectivity index (χ0n) is 10.1. The molecule has 0 aromatic carbocycles. The molecule has 1 aliphatic rings. The summed E-state index contributed by atoms with van der Waals surface area (Å²) in [6.07, 6.45) is 3.73. The van der Waals surface area contributed by atoms with Crippen molar-refractivity contribution in [3.8, 4) is 0 Å². The monoisotopic (exact) mass is 286 g/mol. The first kappa shape index (κ1) is 12.0. The number of hydrogen-bond donors (Lipinski definition) is 1. The first-order valence-electron chi connectivity index (χ1n) is 5.74. The highest BCUT2D eigenvalue weighted by atomic mass is 79.9. The standard InChI is InChI=1S/C11H19BrN4/c1-11(2)6-4-5-7(11)8(13)9-10(12)14-15-16(9)3/h7-8H,4-6,13H2,1-3H3. The summed E-state index contributed by atoms with van der Waals surface area (Å²) in [5.74, 6) is 0.515. The number of nitrogens with two attached hydrogens (primary N) is 1. The van der Waals surface area contributed by atoms with Crippen molar-refractivity contribution in [3.05, 3.63) is 10.3 Å². The summed E-state index contributed by atoms with van der Waals surface area (Å²) in [6.45, 7) is 4.62. The molecule has 2 N–H and O–H groups in total. The number of halogens is 1. The molecule has 1 aliphatic carbocycles. The predicted octanol–water partition coefficient (Wildman–Crippen LogP) is 2.40. The number of aryl methyl sites for hydroxylation is 1. The summed E-state index contributed by atoms with van der Waals surface area (Å²) < 4.78 is 2.56. The van der Waals surface area contributed by atoms with E-state index in [-0.39, 0.29) is 6.04 Å². The Morgan fingerprint density at radius 3 is 2.69 bits per heavy atom. The van der Waals surface area contributed by atoms with Gasteiger partial charge in [-0.1, -0.05) is 25.5 Å². The Labute approximate surface area is 105 Å². The number of aromatic nitrogens is 3. The number of hydrogen-bond acceptors (Lipinski definition) is 3. The normalized spacial score (nSPS) is 25.9. The minimum atomic E-state index is 0.0203. The van der Waals surface area contributed by atoms with E-state index in [2.05, 4.69) is 40.1 Å². The third kappa shape index (κ3) is 1.91. The summed E-state index contributed by atoms with van der Waals surface area (Å²) in [4.78, 5) is 0. The highest BCUT2D eigenvalue weighted by molar-refractivity contribution is 9.10. The van der Waals surface area contributed by atoms with E-state index in [0.29, 0.717) is 11.3 Å². The molecule has 0 aliphatic heterocycles. The van der Waals surface area contributed by atoms with Crippen LogP contribution in [0.1, 0.15) is 44.8 Å². The molecule has 0 saturated heterocycles. The van der Waals surface area contributed by atoms with Gasteiger partial charge in [-0.05, 0) is 40.1 Å². The van der Waals surface area contributed by atoms with Crippen LogP contribution in [0.2, 0.25) is 0 Å². The zero-order chi connectivity index (χ0) is 11.9. The second-order valence-corrected chi connectivity index (χ2v) is 6.15. The second-order valence-electron chi connectivity index (χ2n) is 5.40. The van der Waals surface area contributed by atoms with E-state index in [9.17, 15) is 0 Å². The van der Waals surface area contributed by atoms with Crippen LogP contribution >= 0.6 is 15.9 Å². The first-order chi connectivity index (χ1) is 7.43. The zero-order valence-corrected chi connectivity index (χ0v) is 11.7. The molecular formula is C11H19BrN4. The lowest BCUT2D eigenvalue weighted by molar-refractivity contribution is 0.217. The van der Waals surface area contributed by atoms with Crippen LogP contribution < -0.4 is 5.73 Å². The summed E-state index contributed by atoms with van der Waals surface area (Å²) in [5, 5.41) is 8.00. The molecular weight excluding hydrogens is 268 g/mol. The number of nitrogens with zero attached hydrogens (tertiary/aromatic N) is 3. The van der Waals surface area contributed by atoms with Crippen molar-refractivity contribution in [1.82, 2.24) is 15.0 Å². The molecule has 0 bridgehead atoms. The Balaban J connectivity index is 2.29. The fraction of sp³-hybridized carbons (Fsp3) is 0.818. The maximum atomic E-state index is 6.39. The molecule has 0 spiro atoms. The lowest BCUT2D eigenvalue weighted by atomic mass is 9.77. The van der Waals surface area contributed by atoms with E-state index >= 15 is 0 Å². The highest BCUT2D eigenvalue weighted by Gasteiger charge is 2.40. The average molecular weight is 287 g/mol. The molecule has 0 amide bonds. The van der Waals surface area contributed by atoms with Crippen molar-refractivity contribution in [2.24, 2.45) is 24.1 Å². The van der Waals surface area contributed by atoms with Gasteiger partial charge in [0.05, 0.1) is 11.7 Å². The van der Waals surface area contributed by atoms with Crippen molar-refractivity contribution >= 4 is 15.9 Å². The van der Waals surface area contributed by atoms with E-state index in [1.807, 2.05) is 7.05 Å². The predicted molar refractivity (Wildman–Crippen MR) is 66.8 cm³/mol. The molecule has 1 saturated carbocycles. The summed E-state index contributed by atoms with van der Waals surface area (Å²) in [7, 11) is 1.90. The van der Waals surface area contributed by atoms with Gasteiger partial charge in [-0.2, -0.15) is 0 Å². The Bertz CT molecular complexity index is 366. The lowest BCUT2D eigenvalue weighted by Crippen LogP contribution is -2.31. The van der Waals surface area contributed by atoms with Crippen molar-refractivity contribution in [3.63, 3.8) is 0 Å². The molecule has 2 unspecified atom stereocenters. The van der Waals surface area contributed by atoms with Crippen LogP contribution in [-0.2, 0) is 7.05 Å². The average Bonchev–Trinajstić information content (AvgIpc) is 2.69. The lowest BCUT2D eigenvalue weighted by Gasteiger charge is -2.31. The van der Waals surface area contributed by atoms with Crippen molar-refractivity contribution in [1.29, 1.82) is 0 Å². The minimum Gasteiger partial charge on any atom is -0.322 e. The van der Waals surface area contributed by atoms with Gasteiger partial charge >= 0.3 is 0 Å². The van der Waals surface area contributed by atoms with Crippen LogP contribution in [0.3, 0.4) is 0 Å². The Hall–Kier alpha value is -0.420. The van der Waals surface area contributed by atoms with Crippen LogP contribution in [0.15, 0.2) is 4.60 Å². The molecule has 2 rings (SSSR count). The fourth-order valence-corrected chi connectivity index (χ4v) is 3.49. The topological polar surface area (TPSA) is 56.7 Å². The summed E-state index contributed by atoms with van der Waals surface area (Å²) in [6, 6.07) is 0.0203. The van der Waals surface area contributed by atoms with Gasteiger partial charge in [-0.15, -0.1) is 5.10 Å². The van der Waals surface area contributed by atoms with E-state index in [1.54, 1.807) is 4.68 Å². The third-order valence-electron chi connectivity index (χ3n) is 3.92. The minimum absolute atomic E-state index is 0.0203. The maximum absolute atomic E-state index is 6.39. The smallest absolute Gasteiger partial charge is 0.153 e. The van der Waals surface area contributed by atoms with Crippen molar-refractivity contribution in [2.75, 3.05) is 0 Å². The molecule has 5 heteroatoms. The Morgan fingerprint density at radius 2 is 2.25 bits per heavy atom. The quantitative estimate of drug-likeness (QED) is 0.908. The van der Waals surface area contributed by atoms with Crippen LogP contribution in [-0.4, -0.2) is 15.0 Å². The van der Waals surface area contributed by atoms with Crippen LogP contribution in [0.5, 0.6) is 0 Å². The van der Waals surface area contributed by atoms with Gasteiger partial charge in [0.2, 0.25) is 0 Å². The molecule has 4 nitrogen and oxygen atoms in total. The summed E-state index contributed by atoms with van der Waals surface area (Å²) >= 11 is 3.43. The van der Waals surface area contributed by atoms with Gasteiger partial charge in [0.15, 0.2) is 4.60 Å². The second kappa shape index (κ2) is 4.11. The molecule has 2 atom stereocenters. The van der Waals surface area contributed by atoms with Crippen molar-refractivity contribution < 1.29 is 0 Å². The Morgan fingerprint density at radius 1 is 1.56 bits per heavy atom. The van der Waals surface area contributed by atoms with Gasteiger partial charge in [0.25, 0.3) is 0 Å². The van der Waals surface area contributed by atoms with Gasteiger partial charge in [0, 0.05) is 7.05 Å². The van der Waals surface area contributed by atoms with E-state index in [1.165, 1.54) is 19.3 Å². The largest absolute Gasteiger partial charge is 0.322 e. The van der Waals surface area contributed by atoms with Gasteiger partial charge < -0.3 is 5.73 Å². The molecule has 90 valence electrons. The van der Waals surface area contributed by atoms with E-state index in [4.69, 9.17) is 5.73 Å². The SMILES string of the molecule is Cn1nnc(Br)c1C(N)C1CCCC1(C)C. The first-order valence-corrected chi connectivity index (χ1v) is 6.53. The van der Waals surface area contributed by atoms with Gasteiger partial charge in [0.1, 0.15) is 0 Å². The highest BCUT2D eigenvalue weighted by Crippen LogP contribution is 2.48. The van der Waals surface area contributed by atoms with E-state index in [0.717, 1.165) is 10.3 Å². The molecule has 0 radical (unpaired) electrons.